The fourth-order valence-corrected chi connectivity index (χ4v) is 5.31. The molecule has 0 atom stereocenters. The van der Waals surface area contributed by atoms with Crippen molar-refractivity contribution < 1.29 is 46.5 Å². The Morgan fingerprint density at radius 3 is 2.13 bits per heavy atom. The van der Waals surface area contributed by atoms with E-state index in [4.69, 9.17) is 5.11 Å². The van der Waals surface area contributed by atoms with Gasteiger partial charge in [-0.3, -0.25) is 14.5 Å². The minimum Gasteiger partial charge on any atom is -0.481 e. The zero-order chi connectivity index (χ0) is 32.2. The minimum absolute atomic E-state index is 0.000530. The van der Waals surface area contributed by atoms with Crippen molar-refractivity contribution >= 4 is 29.3 Å². The van der Waals surface area contributed by atoms with Gasteiger partial charge in [0.1, 0.15) is 0 Å². The molecule has 1 aliphatic carbocycles. The molecule has 0 spiro atoms. The molecular weight excluding hydrogens is 598 g/mol. The maximum absolute atomic E-state index is 13.7. The summed E-state index contributed by atoms with van der Waals surface area (Å²) < 4.78 is 62.9. The van der Waals surface area contributed by atoms with Gasteiger partial charge in [0.15, 0.2) is 11.5 Å². The summed E-state index contributed by atoms with van der Waals surface area (Å²) >= 11 is 0. The lowest BCUT2D eigenvalue weighted by atomic mass is 9.84. The van der Waals surface area contributed by atoms with Crippen molar-refractivity contribution in [2.24, 2.45) is 0 Å². The average Bonchev–Trinajstić information content (AvgIpc) is 3.01. The van der Waals surface area contributed by atoms with Gasteiger partial charge in [-0.1, -0.05) is 43.5 Å². The molecule has 3 N–H and O–H groups in total. The van der Waals surface area contributed by atoms with Crippen LogP contribution in [0.5, 0.6) is 11.5 Å². The number of hydrogen-bond acceptors (Lipinski definition) is 5. The molecule has 1 fully saturated rings. The van der Waals surface area contributed by atoms with Crippen LogP contribution < -0.4 is 25.0 Å². The average molecular weight is 630 g/mol. The van der Waals surface area contributed by atoms with Crippen LogP contribution >= 0.6 is 0 Å². The summed E-state index contributed by atoms with van der Waals surface area (Å²) in [7, 11) is 0. The van der Waals surface area contributed by atoms with Gasteiger partial charge in [-0.15, -0.1) is 0 Å². The van der Waals surface area contributed by atoms with Gasteiger partial charge in [0.05, 0.1) is 13.0 Å². The number of rotatable bonds is 9. The van der Waals surface area contributed by atoms with Gasteiger partial charge in [-0.05, 0) is 66.3 Å². The van der Waals surface area contributed by atoms with Crippen LogP contribution in [0.2, 0.25) is 0 Å². The lowest BCUT2D eigenvalue weighted by molar-refractivity contribution is -0.391. The second kappa shape index (κ2) is 13.0. The van der Waals surface area contributed by atoms with Crippen LogP contribution in [-0.4, -0.2) is 41.8 Å². The van der Waals surface area contributed by atoms with Gasteiger partial charge in [-0.2, -0.15) is 17.6 Å². The fourth-order valence-electron chi connectivity index (χ4n) is 5.31. The smallest absolute Gasteiger partial charge is 0.481 e. The first kappa shape index (κ1) is 31.6. The Bertz CT molecular complexity index is 1540. The van der Waals surface area contributed by atoms with E-state index in [0.717, 1.165) is 37.8 Å². The van der Waals surface area contributed by atoms with Crippen LogP contribution in [-0.2, 0) is 11.3 Å². The third kappa shape index (κ3) is 7.47. The molecule has 1 heterocycles. The molecule has 45 heavy (non-hydrogen) atoms. The molecule has 0 bridgehead atoms. The molecule has 0 radical (unpaired) electrons. The topological polar surface area (TPSA) is 117 Å². The first-order valence-corrected chi connectivity index (χ1v) is 14.5. The second-order valence-electron chi connectivity index (χ2n) is 10.9. The molecule has 3 aromatic rings. The predicted molar refractivity (Wildman–Crippen MR) is 156 cm³/mol. The van der Waals surface area contributed by atoms with E-state index in [0.29, 0.717) is 22.7 Å². The molecule has 0 saturated heterocycles. The Morgan fingerprint density at radius 2 is 1.49 bits per heavy atom. The van der Waals surface area contributed by atoms with E-state index in [-0.39, 0.29) is 25.2 Å². The number of halogens is 4. The largest absolute Gasteiger partial charge is 0.507 e. The molecule has 1 aliphatic heterocycles. The number of aliphatic carboxylic acids is 1. The summed E-state index contributed by atoms with van der Waals surface area (Å²) in [4.78, 5) is 38.1. The Balaban J connectivity index is 1.35. The number of amides is 3. The quantitative estimate of drug-likeness (QED) is 0.217. The summed E-state index contributed by atoms with van der Waals surface area (Å²) in [5, 5.41) is 13.9. The minimum atomic E-state index is -4.91. The third-order valence-corrected chi connectivity index (χ3v) is 7.72. The number of hydrogen-bond donors (Lipinski definition) is 3. The SMILES string of the molecule is O=C(O)CCNC(=O)c1ccc(CN(C(=O)Nc2ccc3c(c2)OC(F)(F)C(F)(F)O3)c2ccc(C3CCCCC3)cc2)cc1. The third-order valence-electron chi connectivity index (χ3n) is 7.72. The van der Waals surface area contributed by atoms with Crippen LogP contribution in [0.1, 0.15) is 65.9 Å². The van der Waals surface area contributed by atoms with Gasteiger partial charge in [0.25, 0.3) is 5.91 Å². The molecule has 2 aliphatic rings. The maximum Gasteiger partial charge on any atom is 0.507 e. The number of alkyl halides is 4. The van der Waals surface area contributed by atoms with E-state index in [1.807, 2.05) is 24.3 Å². The molecule has 9 nitrogen and oxygen atoms in total. The lowest BCUT2D eigenvalue weighted by Gasteiger charge is -2.32. The lowest BCUT2D eigenvalue weighted by Crippen LogP contribution is -2.52. The van der Waals surface area contributed by atoms with Crippen LogP contribution in [0.25, 0.3) is 0 Å². The van der Waals surface area contributed by atoms with Crippen molar-refractivity contribution in [3.63, 3.8) is 0 Å². The summed E-state index contributed by atoms with van der Waals surface area (Å²) in [6.45, 7) is 0.0189. The van der Waals surface area contributed by atoms with Crippen molar-refractivity contribution in [2.75, 3.05) is 16.8 Å². The first-order valence-electron chi connectivity index (χ1n) is 14.5. The Morgan fingerprint density at radius 1 is 0.844 bits per heavy atom. The molecule has 0 aromatic heterocycles. The number of nitrogens with one attached hydrogen (secondary N) is 2. The number of ether oxygens (including phenoxy) is 2. The highest BCUT2D eigenvalue weighted by molar-refractivity contribution is 6.02. The second-order valence-corrected chi connectivity index (χ2v) is 10.9. The molecule has 1 saturated carbocycles. The van der Waals surface area contributed by atoms with Gasteiger partial charge in [0.2, 0.25) is 0 Å². The molecule has 5 rings (SSSR count). The number of fused-ring (bicyclic) bond motifs is 1. The number of carbonyl (C=O) groups excluding carboxylic acids is 2. The van der Waals surface area contributed by atoms with E-state index in [9.17, 15) is 31.9 Å². The highest BCUT2D eigenvalue weighted by Gasteiger charge is 2.66. The van der Waals surface area contributed by atoms with E-state index in [1.165, 1.54) is 23.0 Å². The van der Waals surface area contributed by atoms with Gasteiger partial charge in [0, 0.05) is 29.5 Å². The molecule has 238 valence electrons. The maximum atomic E-state index is 13.7. The standard InChI is InChI=1S/C32H31F4N3O6/c33-31(34)32(35,36)45-27-18-24(12-15-26(27)44-31)38-30(43)39(25-13-10-22(11-14-25)21-4-2-1-3-5-21)19-20-6-8-23(9-7-20)29(42)37-17-16-28(40)41/h6-15,18,21H,1-5,16-17,19H2,(H,37,42)(H,38,43)(H,40,41). The number of nitrogens with zero attached hydrogens (tertiary/aromatic N) is 1. The van der Waals surface area contributed by atoms with Gasteiger partial charge < -0.3 is 25.2 Å². The zero-order valence-corrected chi connectivity index (χ0v) is 24.0. The molecule has 3 aromatic carbocycles. The first-order chi connectivity index (χ1) is 21.4. The van der Waals surface area contributed by atoms with E-state index < -0.39 is 41.6 Å². The van der Waals surface area contributed by atoms with Crippen molar-refractivity contribution in [1.82, 2.24) is 5.32 Å². The van der Waals surface area contributed by atoms with E-state index >= 15 is 0 Å². The number of urea groups is 1. The number of carbonyl (C=O) groups is 3. The summed E-state index contributed by atoms with van der Waals surface area (Å²) in [6.07, 6.45) is -4.27. The number of benzene rings is 3. The van der Waals surface area contributed by atoms with Gasteiger partial charge in [-0.25, -0.2) is 4.79 Å². The highest BCUT2D eigenvalue weighted by atomic mass is 19.3. The number of anilines is 2. The summed E-state index contributed by atoms with van der Waals surface area (Å²) in [5.41, 5.74) is 2.65. The fraction of sp³-hybridized carbons (Fsp3) is 0.344. The molecule has 13 heteroatoms. The number of carboxylic acids is 1. The van der Waals surface area contributed by atoms with E-state index in [2.05, 4.69) is 20.1 Å². The van der Waals surface area contributed by atoms with Gasteiger partial charge >= 0.3 is 24.2 Å². The van der Waals surface area contributed by atoms with Crippen LogP contribution in [0, 0.1) is 0 Å². The van der Waals surface area contributed by atoms with Crippen LogP contribution in [0.3, 0.4) is 0 Å². The predicted octanol–water partition coefficient (Wildman–Crippen LogP) is 7.13. The number of carboxylic acid groups (broad SMARTS) is 1. The van der Waals surface area contributed by atoms with Crippen molar-refractivity contribution in [2.45, 2.75) is 63.2 Å². The monoisotopic (exact) mass is 629 g/mol. The zero-order valence-electron chi connectivity index (χ0n) is 24.0. The summed E-state index contributed by atoms with van der Waals surface area (Å²) in [5.74, 6) is -2.31. The van der Waals surface area contributed by atoms with E-state index in [1.54, 1.807) is 24.3 Å². The van der Waals surface area contributed by atoms with Crippen LogP contribution in [0.15, 0.2) is 66.7 Å². The normalized spacial score (nSPS) is 16.8. The summed E-state index contributed by atoms with van der Waals surface area (Å²) in [6, 6.07) is 16.5. The van der Waals surface area contributed by atoms with Crippen LogP contribution in [0.4, 0.5) is 33.7 Å². The molecule has 0 unspecified atom stereocenters. The Kier molecular flexibility index (Phi) is 9.16. The Labute approximate surface area is 256 Å². The Hall–Kier alpha value is -4.81. The molecule has 3 amide bonds. The van der Waals surface area contributed by atoms with Crippen molar-refractivity contribution in [3.8, 4) is 11.5 Å². The van der Waals surface area contributed by atoms with Crippen molar-refractivity contribution in [3.05, 3.63) is 83.4 Å². The van der Waals surface area contributed by atoms with Crippen molar-refractivity contribution in [1.29, 1.82) is 0 Å². The highest BCUT2D eigenvalue weighted by Crippen LogP contribution is 2.47. The molecular formula is C32H31F4N3O6.